The molecular weight excluding hydrogens is 413 g/mol. The number of hydrogen-bond donors (Lipinski definition) is 2. The van der Waals surface area contributed by atoms with Crippen LogP contribution in [0.5, 0.6) is 0 Å². The Morgan fingerprint density at radius 3 is 2.62 bits per heavy atom. The topological polar surface area (TPSA) is 92.7 Å². The Hall–Kier alpha value is -1.35. The lowest BCUT2D eigenvalue weighted by Gasteiger charge is -2.14. The minimum Gasteiger partial charge on any atom is -0.480 e. The Morgan fingerprint density at radius 2 is 2.10 bits per heavy atom. The Balaban J connectivity index is 2.74. The lowest BCUT2D eigenvalue weighted by atomic mass is 10.1. The van der Waals surface area contributed by atoms with Gasteiger partial charge in [0.1, 0.15) is 6.04 Å². The second-order valence-electron chi connectivity index (χ2n) is 4.11. The van der Waals surface area contributed by atoms with Crippen LogP contribution in [-0.4, -0.2) is 36.1 Å². The molecular formula is C13H13ClINO5. The molecule has 0 radical (unpaired) electrons. The van der Waals surface area contributed by atoms with Crippen molar-refractivity contribution in [3.63, 3.8) is 0 Å². The first-order chi connectivity index (χ1) is 9.85. The number of halogens is 2. The van der Waals surface area contributed by atoms with Crippen LogP contribution in [-0.2, 0) is 14.3 Å². The molecule has 0 aliphatic heterocycles. The Kier molecular flexibility index (Phi) is 6.90. The van der Waals surface area contributed by atoms with Crippen LogP contribution in [0.2, 0.25) is 5.02 Å². The molecule has 0 heterocycles. The molecule has 114 valence electrons. The minimum atomic E-state index is -1.22. The Labute approximate surface area is 139 Å². The van der Waals surface area contributed by atoms with E-state index in [4.69, 9.17) is 16.7 Å². The Morgan fingerprint density at radius 1 is 1.43 bits per heavy atom. The van der Waals surface area contributed by atoms with E-state index in [2.05, 4.69) is 10.1 Å². The van der Waals surface area contributed by atoms with Crippen LogP contribution < -0.4 is 5.32 Å². The lowest BCUT2D eigenvalue weighted by Crippen LogP contribution is -2.41. The fraction of sp³-hybridized carbons (Fsp3) is 0.308. The standard InChI is InChI=1S/C13H13ClINO5/c1-21-11(17)5-4-10(13(19)20)16-12(18)7-2-3-9(15)8(14)6-7/h2-3,6,10H,4-5H2,1H3,(H,16,18)(H,19,20)/t10-/m1/s1. The van der Waals surface area contributed by atoms with Crippen molar-refractivity contribution in [3.05, 3.63) is 32.4 Å². The highest BCUT2D eigenvalue weighted by Crippen LogP contribution is 2.19. The smallest absolute Gasteiger partial charge is 0.326 e. The molecule has 0 spiro atoms. The summed E-state index contributed by atoms with van der Waals surface area (Å²) in [5.74, 6) is -2.32. The summed E-state index contributed by atoms with van der Waals surface area (Å²) in [4.78, 5) is 34.1. The number of nitrogens with one attached hydrogen (secondary N) is 1. The number of methoxy groups -OCH3 is 1. The Bertz CT molecular complexity index is 563. The molecule has 0 aliphatic rings. The zero-order valence-electron chi connectivity index (χ0n) is 11.1. The van der Waals surface area contributed by atoms with Gasteiger partial charge in [-0.05, 0) is 47.2 Å². The maximum atomic E-state index is 12.0. The van der Waals surface area contributed by atoms with Crippen LogP contribution in [0, 0.1) is 3.57 Å². The van der Waals surface area contributed by atoms with Crippen molar-refractivity contribution in [1.29, 1.82) is 0 Å². The van der Waals surface area contributed by atoms with E-state index in [1.54, 1.807) is 12.1 Å². The zero-order chi connectivity index (χ0) is 16.0. The van der Waals surface area contributed by atoms with E-state index < -0.39 is 23.9 Å². The van der Waals surface area contributed by atoms with Gasteiger partial charge in [-0.1, -0.05) is 11.6 Å². The van der Waals surface area contributed by atoms with Gasteiger partial charge < -0.3 is 15.2 Å². The van der Waals surface area contributed by atoms with E-state index in [-0.39, 0.29) is 18.4 Å². The third-order valence-electron chi connectivity index (χ3n) is 2.65. The number of carbonyl (C=O) groups is 3. The van der Waals surface area contributed by atoms with Gasteiger partial charge in [0.25, 0.3) is 5.91 Å². The fourth-order valence-electron chi connectivity index (χ4n) is 1.50. The van der Waals surface area contributed by atoms with Crippen molar-refractivity contribution in [2.45, 2.75) is 18.9 Å². The quantitative estimate of drug-likeness (QED) is 0.538. The number of carboxylic acid groups (broad SMARTS) is 1. The summed E-state index contributed by atoms with van der Waals surface area (Å²) in [6.45, 7) is 0. The molecule has 1 aromatic carbocycles. The summed E-state index contributed by atoms with van der Waals surface area (Å²) in [7, 11) is 1.21. The van der Waals surface area contributed by atoms with Crippen molar-refractivity contribution in [2.24, 2.45) is 0 Å². The van der Waals surface area contributed by atoms with Gasteiger partial charge in [-0.3, -0.25) is 9.59 Å². The van der Waals surface area contributed by atoms with Gasteiger partial charge >= 0.3 is 11.9 Å². The molecule has 2 N–H and O–H groups in total. The molecule has 1 atom stereocenters. The van der Waals surface area contributed by atoms with Crippen molar-refractivity contribution >= 4 is 52.0 Å². The molecule has 0 aromatic heterocycles. The number of esters is 1. The summed E-state index contributed by atoms with van der Waals surface area (Å²) in [5, 5.41) is 11.8. The van der Waals surface area contributed by atoms with Gasteiger partial charge in [0.05, 0.1) is 12.1 Å². The minimum absolute atomic E-state index is 0.0498. The molecule has 6 nitrogen and oxygen atoms in total. The van der Waals surface area contributed by atoms with Crippen LogP contribution >= 0.6 is 34.2 Å². The number of carboxylic acids is 1. The second-order valence-corrected chi connectivity index (χ2v) is 5.68. The van der Waals surface area contributed by atoms with Gasteiger partial charge in [0.2, 0.25) is 0 Å². The summed E-state index contributed by atoms with van der Waals surface area (Å²) in [6, 6.07) is 3.48. The first kappa shape index (κ1) is 17.7. The predicted molar refractivity (Wildman–Crippen MR) is 84.3 cm³/mol. The van der Waals surface area contributed by atoms with Crippen LogP contribution in [0.1, 0.15) is 23.2 Å². The largest absolute Gasteiger partial charge is 0.480 e. The first-order valence-corrected chi connectivity index (χ1v) is 7.36. The normalized spacial score (nSPS) is 11.6. The van der Waals surface area contributed by atoms with Crippen LogP contribution in [0.25, 0.3) is 0 Å². The number of amides is 1. The van der Waals surface area contributed by atoms with Gasteiger partial charge in [-0.25, -0.2) is 4.79 Å². The molecule has 0 unspecified atom stereocenters. The highest BCUT2D eigenvalue weighted by molar-refractivity contribution is 14.1. The number of hydrogen-bond acceptors (Lipinski definition) is 4. The average Bonchev–Trinajstić information content (AvgIpc) is 2.45. The maximum Gasteiger partial charge on any atom is 0.326 e. The molecule has 0 saturated carbocycles. The molecule has 0 bridgehead atoms. The van der Waals surface area contributed by atoms with E-state index >= 15 is 0 Å². The van der Waals surface area contributed by atoms with E-state index in [1.807, 2.05) is 22.6 Å². The molecule has 0 fully saturated rings. The first-order valence-electron chi connectivity index (χ1n) is 5.90. The van der Waals surface area contributed by atoms with Crippen LogP contribution in [0.15, 0.2) is 18.2 Å². The van der Waals surface area contributed by atoms with Crippen LogP contribution in [0.3, 0.4) is 0 Å². The van der Waals surface area contributed by atoms with Gasteiger partial charge in [-0.2, -0.15) is 0 Å². The summed E-state index contributed by atoms with van der Waals surface area (Å²) < 4.78 is 5.22. The molecule has 8 heteroatoms. The number of aliphatic carboxylic acids is 1. The number of rotatable bonds is 6. The third-order valence-corrected chi connectivity index (χ3v) is 4.22. The van der Waals surface area contributed by atoms with Crippen molar-refractivity contribution in [2.75, 3.05) is 7.11 Å². The SMILES string of the molecule is COC(=O)CC[C@@H](NC(=O)c1ccc(I)c(Cl)c1)C(=O)O. The molecule has 21 heavy (non-hydrogen) atoms. The molecule has 0 saturated heterocycles. The average molecular weight is 426 g/mol. The van der Waals surface area contributed by atoms with Gasteiger partial charge in [-0.15, -0.1) is 0 Å². The van der Waals surface area contributed by atoms with E-state index in [9.17, 15) is 14.4 Å². The maximum absolute atomic E-state index is 12.0. The van der Waals surface area contributed by atoms with E-state index in [0.717, 1.165) is 3.57 Å². The van der Waals surface area contributed by atoms with Gasteiger partial charge in [0, 0.05) is 15.6 Å². The van der Waals surface area contributed by atoms with Crippen molar-refractivity contribution in [1.82, 2.24) is 5.32 Å². The zero-order valence-corrected chi connectivity index (χ0v) is 14.0. The lowest BCUT2D eigenvalue weighted by molar-refractivity contribution is -0.142. The molecule has 1 amide bonds. The number of carbonyl (C=O) groups excluding carboxylic acids is 2. The number of benzene rings is 1. The predicted octanol–water partition coefficient (Wildman–Crippen LogP) is 2.08. The second kappa shape index (κ2) is 8.18. The molecule has 1 rings (SSSR count). The summed E-state index contributed by atoms with van der Waals surface area (Å²) >= 11 is 7.93. The summed E-state index contributed by atoms with van der Waals surface area (Å²) in [5.41, 5.74) is 0.254. The van der Waals surface area contributed by atoms with E-state index in [0.29, 0.717) is 5.02 Å². The van der Waals surface area contributed by atoms with Gasteiger partial charge in [0.15, 0.2) is 0 Å². The van der Waals surface area contributed by atoms with Crippen molar-refractivity contribution < 1.29 is 24.2 Å². The molecule has 1 aromatic rings. The monoisotopic (exact) mass is 425 g/mol. The summed E-state index contributed by atoms with van der Waals surface area (Å²) in [6.07, 6.45) is -0.146. The van der Waals surface area contributed by atoms with E-state index in [1.165, 1.54) is 13.2 Å². The number of ether oxygens (including phenoxy) is 1. The fourth-order valence-corrected chi connectivity index (χ4v) is 2.02. The van der Waals surface area contributed by atoms with Crippen molar-refractivity contribution in [3.8, 4) is 0 Å². The van der Waals surface area contributed by atoms with Crippen LogP contribution in [0.4, 0.5) is 0 Å². The third kappa shape index (κ3) is 5.50. The molecule has 0 aliphatic carbocycles. The highest BCUT2D eigenvalue weighted by Gasteiger charge is 2.22. The highest BCUT2D eigenvalue weighted by atomic mass is 127.